The van der Waals surface area contributed by atoms with Crippen LogP contribution < -0.4 is 14.8 Å². The SMILES string of the molecule is CCOC(=O)C1=C(C)NC2=C(C(=O)CC(C)(C)C2)[C@@H]1c1cc2c(cc1Br)OCO2. The molecule has 1 aromatic carbocycles. The second-order valence-corrected chi connectivity index (χ2v) is 9.23. The molecule has 29 heavy (non-hydrogen) atoms. The molecule has 0 unspecified atom stereocenters. The highest BCUT2D eigenvalue weighted by molar-refractivity contribution is 9.10. The van der Waals surface area contributed by atoms with E-state index in [9.17, 15) is 9.59 Å². The Labute approximate surface area is 178 Å². The lowest BCUT2D eigenvalue weighted by Gasteiger charge is -2.39. The Hall–Kier alpha value is -2.28. The topological polar surface area (TPSA) is 73.9 Å². The Morgan fingerprint density at radius 1 is 1.28 bits per heavy atom. The van der Waals surface area contributed by atoms with Crippen LogP contribution in [0.15, 0.2) is 39.1 Å². The first-order valence-corrected chi connectivity index (χ1v) is 10.5. The highest BCUT2D eigenvalue weighted by Crippen LogP contribution is 2.50. The smallest absolute Gasteiger partial charge is 0.336 e. The van der Waals surface area contributed by atoms with Crippen molar-refractivity contribution in [2.45, 2.75) is 46.5 Å². The summed E-state index contributed by atoms with van der Waals surface area (Å²) in [6.45, 7) is 8.21. The zero-order valence-corrected chi connectivity index (χ0v) is 18.6. The fourth-order valence-electron chi connectivity index (χ4n) is 4.38. The third kappa shape index (κ3) is 3.45. The molecule has 0 saturated carbocycles. The maximum Gasteiger partial charge on any atom is 0.336 e. The molecule has 1 aliphatic carbocycles. The largest absolute Gasteiger partial charge is 0.463 e. The van der Waals surface area contributed by atoms with Gasteiger partial charge in [0.2, 0.25) is 6.79 Å². The number of fused-ring (bicyclic) bond motifs is 1. The molecular formula is C22H24BrNO5. The average molecular weight is 462 g/mol. The van der Waals surface area contributed by atoms with Crippen molar-refractivity contribution < 1.29 is 23.8 Å². The van der Waals surface area contributed by atoms with Gasteiger partial charge in [0, 0.05) is 33.8 Å². The number of benzene rings is 1. The molecule has 0 bridgehead atoms. The summed E-state index contributed by atoms with van der Waals surface area (Å²) < 4.78 is 17.1. The van der Waals surface area contributed by atoms with Gasteiger partial charge in [-0.05, 0) is 43.4 Å². The van der Waals surface area contributed by atoms with Crippen LogP contribution in [0.3, 0.4) is 0 Å². The number of carbonyl (C=O) groups excluding carboxylic acids is 2. The molecular weight excluding hydrogens is 438 g/mol. The lowest BCUT2D eigenvalue weighted by atomic mass is 9.68. The molecule has 3 aliphatic rings. The van der Waals surface area contributed by atoms with Gasteiger partial charge in [-0.1, -0.05) is 29.8 Å². The Kier molecular flexibility index (Phi) is 4.97. The molecule has 0 fully saturated rings. The highest BCUT2D eigenvalue weighted by atomic mass is 79.9. The number of rotatable bonds is 3. The van der Waals surface area contributed by atoms with Gasteiger partial charge in [0.25, 0.3) is 0 Å². The van der Waals surface area contributed by atoms with Crippen LogP contribution in [-0.4, -0.2) is 25.2 Å². The third-order valence-electron chi connectivity index (χ3n) is 5.54. The average Bonchev–Trinajstić information content (AvgIpc) is 3.05. The molecule has 154 valence electrons. The highest BCUT2D eigenvalue weighted by Gasteiger charge is 2.44. The molecule has 0 aromatic heterocycles. The number of hydrogen-bond acceptors (Lipinski definition) is 6. The maximum atomic E-state index is 13.3. The first kappa shape index (κ1) is 20.0. The predicted molar refractivity (Wildman–Crippen MR) is 111 cm³/mol. The molecule has 2 aliphatic heterocycles. The van der Waals surface area contributed by atoms with E-state index in [1.54, 1.807) is 6.92 Å². The van der Waals surface area contributed by atoms with Crippen LogP contribution in [0.1, 0.15) is 52.0 Å². The van der Waals surface area contributed by atoms with Gasteiger partial charge < -0.3 is 19.5 Å². The number of hydrogen-bond donors (Lipinski definition) is 1. The minimum Gasteiger partial charge on any atom is -0.463 e. The number of ether oxygens (including phenoxy) is 3. The second kappa shape index (κ2) is 7.20. The van der Waals surface area contributed by atoms with E-state index < -0.39 is 11.9 Å². The fourth-order valence-corrected chi connectivity index (χ4v) is 4.93. The van der Waals surface area contributed by atoms with Gasteiger partial charge in [-0.2, -0.15) is 0 Å². The number of dihydropyridines is 1. The summed E-state index contributed by atoms with van der Waals surface area (Å²) in [5.41, 5.74) is 3.34. The van der Waals surface area contributed by atoms with Gasteiger partial charge in [0.05, 0.1) is 12.2 Å². The van der Waals surface area contributed by atoms with Crippen molar-refractivity contribution in [3.05, 3.63) is 44.7 Å². The van der Waals surface area contributed by atoms with Crippen molar-refractivity contribution >= 4 is 27.7 Å². The molecule has 1 aromatic rings. The van der Waals surface area contributed by atoms with Gasteiger partial charge in [-0.3, -0.25) is 4.79 Å². The standard InChI is InChI=1S/C22H24BrNO5/c1-5-27-21(26)18-11(2)24-14-8-22(3,4)9-15(25)20(14)19(18)12-6-16-17(7-13(12)23)29-10-28-16/h6-7,19,24H,5,8-10H2,1-4H3/t19-/m1/s1. The normalized spacial score (nSPS) is 22.4. The number of carbonyl (C=O) groups is 2. The number of Topliss-reactive ketones (excluding diaryl/α,β-unsaturated/α-hetero) is 1. The van der Waals surface area contributed by atoms with Crippen LogP contribution >= 0.6 is 15.9 Å². The lowest BCUT2D eigenvalue weighted by Crippen LogP contribution is -2.38. The van der Waals surface area contributed by atoms with E-state index >= 15 is 0 Å². The minimum atomic E-state index is -0.530. The van der Waals surface area contributed by atoms with E-state index in [0.29, 0.717) is 34.8 Å². The van der Waals surface area contributed by atoms with Crippen LogP contribution in [-0.2, 0) is 14.3 Å². The first-order chi connectivity index (χ1) is 13.7. The van der Waals surface area contributed by atoms with E-state index in [2.05, 4.69) is 35.1 Å². The monoisotopic (exact) mass is 461 g/mol. The van der Waals surface area contributed by atoms with E-state index in [1.807, 2.05) is 19.1 Å². The van der Waals surface area contributed by atoms with Gasteiger partial charge >= 0.3 is 5.97 Å². The zero-order chi connectivity index (χ0) is 20.9. The third-order valence-corrected chi connectivity index (χ3v) is 6.22. The van der Waals surface area contributed by atoms with Gasteiger partial charge in [-0.15, -0.1) is 0 Å². The summed E-state index contributed by atoms with van der Waals surface area (Å²) in [6.07, 6.45) is 1.17. The minimum absolute atomic E-state index is 0.0487. The Balaban J connectivity index is 1.92. The van der Waals surface area contributed by atoms with E-state index in [-0.39, 0.29) is 24.6 Å². The quantitative estimate of drug-likeness (QED) is 0.674. The van der Waals surface area contributed by atoms with Crippen molar-refractivity contribution in [2.75, 3.05) is 13.4 Å². The number of allylic oxidation sites excluding steroid dienone is 3. The molecule has 6 nitrogen and oxygen atoms in total. The van der Waals surface area contributed by atoms with Crippen LogP contribution in [0, 0.1) is 5.41 Å². The molecule has 0 saturated heterocycles. The van der Waals surface area contributed by atoms with Crippen molar-refractivity contribution in [2.24, 2.45) is 5.41 Å². The zero-order valence-electron chi connectivity index (χ0n) is 17.0. The second-order valence-electron chi connectivity index (χ2n) is 8.38. The van der Waals surface area contributed by atoms with Crippen LogP contribution in [0.25, 0.3) is 0 Å². The lowest BCUT2D eigenvalue weighted by molar-refractivity contribution is -0.138. The Bertz CT molecular complexity index is 976. The summed E-state index contributed by atoms with van der Waals surface area (Å²) in [4.78, 5) is 26.2. The fraction of sp³-hybridized carbons (Fsp3) is 0.455. The summed E-state index contributed by atoms with van der Waals surface area (Å²) in [6, 6.07) is 3.68. The van der Waals surface area contributed by atoms with Crippen LogP contribution in [0.5, 0.6) is 11.5 Å². The summed E-state index contributed by atoms with van der Waals surface area (Å²) in [5.74, 6) is 0.341. The summed E-state index contributed by atoms with van der Waals surface area (Å²) in [5, 5.41) is 3.33. The number of nitrogens with one attached hydrogen (secondary N) is 1. The number of esters is 1. The van der Waals surface area contributed by atoms with Crippen molar-refractivity contribution in [1.82, 2.24) is 5.32 Å². The number of ketones is 1. The van der Waals surface area contributed by atoms with Crippen molar-refractivity contribution in [1.29, 1.82) is 0 Å². The van der Waals surface area contributed by atoms with Gasteiger partial charge in [-0.25, -0.2) is 4.79 Å². The van der Waals surface area contributed by atoms with Crippen molar-refractivity contribution in [3.8, 4) is 11.5 Å². The van der Waals surface area contributed by atoms with E-state index in [4.69, 9.17) is 14.2 Å². The Morgan fingerprint density at radius 3 is 2.66 bits per heavy atom. The van der Waals surface area contributed by atoms with Crippen molar-refractivity contribution in [3.63, 3.8) is 0 Å². The maximum absolute atomic E-state index is 13.3. The van der Waals surface area contributed by atoms with Crippen LogP contribution in [0.2, 0.25) is 0 Å². The van der Waals surface area contributed by atoms with Crippen LogP contribution in [0.4, 0.5) is 0 Å². The van der Waals surface area contributed by atoms with E-state index in [0.717, 1.165) is 22.2 Å². The first-order valence-electron chi connectivity index (χ1n) is 9.72. The van der Waals surface area contributed by atoms with Gasteiger partial charge in [0.1, 0.15) is 0 Å². The Morgan fingerprint density at radius 2 is 1.97 bits per heavy atom. The molecule has 2 heterocycles. The molecule has 1 atom stereocenters. The molecule has 0 radical (unpaired) electrons. The van der Waals surface area contributed by atoms with E-state index in [1.165, 1.54) is 0 Å². The molecule has 4 rings (SSSR count). The molecule has 7 heteroatoms. The van der Waals surface area contributed by atoms with Gasteiger partial charge in [0.15, 0.2) is 17.3 Å². The molecule has 0 amide bonds. The summed E-state index contributed by atoms with van der Waals surface area (Å²) >= 11 is 3.62. The predicted octanol–water partition coefficient (Wildman–Crippen LogP) is 4.34. The molecule has 0 spiro atoms. The summed E-state index contributed by atoms with van der Waals surface area (Å²) in [7, 11) is 0. The number of halogens is 1. The molecule has 1 N–H and O–H groups in total.